The Bertz CT molecular complexity index is 855. The van der Waals surface area contributed by atoms with Gasteiger partial charge in [-0.3, -0.25) is 10.1 Å². The SMILES string of the molecule is CCCCc1cc(N2CC[C@H](NC)C2)nc(Nc2ccc(Cl)c([N+](=O)[O-])c2)n1.Cl.Cl. The van der Waals surface area contributed by atoms with Crippen molar-refractivity contribution in [2.45, 2.75) is 38.6 Å². The molecule has 0 spiro atoms. The summed E-state index contributed by atoms with van der Waals surface area (Å²) in [6.45, 7) is 3.97. The molecular weight excluding hydrogens is 451 g/mol. The molecule has 2 aromatic rings. The maximum atomic E-state index is 11.1. The second kappa shape index (κ2) is 12.1. The number of hydrogen-bond donors (Lipinski definition) is 2. The third-order valence-electron chi connectivity index (χ3n) is 4.87. The van der Waals surface area contributed by atoms with Crippen molar-refractivity contribution < 1.29 is 4.92 Å². The van der Waals surface area contributed by atoms with Crippen molar-refractivity contribution in [1.29, 1.82) is 0 Å². The van der Waals surface area contributed by atoms with Crippen LogP contribution in [0.3, 0.4) is 0 Å². The summed E-state index contributed by atoms with van der Waals surface area (Å²) in [4.78, 5) is 22.1. The second-order valence-corrected chi connectivity index (χ2v) is 7.32. The normalized spacial score (nSPS) is 15.3. The first kappa shape index (κ1) is 26.2. The lowest BCUT2D eigenvalue weighted by Crippen LogP contribution is -2.30. The molecule has 1 saturated heterocycles. The van der Waals surface area contributed by atoms with E-state index in [0.29, 0.717) is 17.7 Å². The molecule has 0 unspecified atom stereocenters. The highest BCUT2D eigenvalue weighted by Gasteiger charge is 2.23. The van der Waals surface area contributed by atoms with E-state index < -0.39 is 4.92 Å². The maximum absolute atomic E-state index is 11.1. The van der Waals surface area contributed by atoms with Crippen molar-refractivity contribution in [3.8, 4) is 0 Å². The first-order chi connectivity index (χ1) is 13.5. The minimum Gasteiger partial charge on any atom is -0.355 e. The molecule has 1 atom stereocenters. The van der Waals surface area contributed by atoms with Gasteiger partial charge in [-0.05, 0) is 38.4 Å². The minimum atomic E-state index is -0.500. The number of unbranched alkanes of at least 4 members (excludes halogenated alkanes) is 1. The van der Waals surface area contributed by atoms with E-state index in [0.717, 1.165) is 50.3 Å². The van der Waals surface area contributed by atoms with Crippen LogP contribution < -0.4 is 15.5 Å². The quantitative estimate of drug-likeness (QED) is 0.418. The summed E-state index contributed by atoms with van der Waals surface area (Å²) < 4.78 is 0. The molecule has 1 aromatic carbocycles. The number of benzene rings is 1. The Labute approximate surface area is 193 Å². The topological polar surface area (TPSA) is 96.2 Å². The van der Waals surface area contributed by atoms with Crippen LogP contribution in [0, 0.1) is 10.1 Å². The monoisotopic (exact) mass is 476 g/mol. The Kier molecular flexibility index (Phi) is 10.6. The van der Waals surface area contributed by atoms with Gasteiger partial charge in [-0.15, -0.1) is 24.8 Å². The number of hydrogen-bond acceptors (Lipinski definition) is 7. The molecule has 30 heavy (non-hydrogen) atoms. The average Bonchev–Trinajstić information content (AvgIpc) is 3.17. The predicted molar refractivity (Wildman–Crippen MR) is 126 cm³/mol. The lowest BCUT2D eigenvalue weighted by molar-refractivity contribution is -0.384. The van der Waals surface area contributed by atoms with E-state index in [1.54, 1.807) is 6.07 Å². The number of nitrogens with zero attached hydrogens (tertiary/aromatic N) is 4. The third kappa shape index (κ3) is 6.57. The number of nitro benzene ring substituents is 1. The zero-order chi connectivity index (χ0) is 20.1. The van der Waals surface area contributed by atoms with Crippen molar-refractivity contribution in [2.24, 2.45) is 0 Å². The van der Waals surface area contributed by atoms with Gasteiger partial charge in [-0.2, -0.15) is 4.98 Å². The first-order valence-corrected chi connectivity index (χ1v) is 9.89. The largest absolute Gasteiger partial charge is 0.355 e. The minimum absolute atomic E-state index is 0. The third-order valence-corrected chi connectivity index (χ3v) is 5.19. The lowest BCUT2D eigenvalue weighted by Gasteiger charge is -2.19. The summed E-state index contributed by atoms with van der Waals surface area (Å²) in [5, 5.41) is 17.7. The number of rotatable bonds is 8. The molecule has 1 aliphatic heterocycles. The highest BCUT2D eigenvalue weighted by Crippen LogP contribution is 2.29. The summed E-state index contributed by atoms with van der Waals surface area (Å²) >= 11 is 5.90. The van der Waals surface area contributed by atoms with Crippen LogP contribution in [0.25, 0.3) is 0 Å². The zero-order valence-corrected chi connectivity index (χ0v) is 19.3. The van der Waals surface area contributed by atoms with Crippen LogP contribution in [0.1, 0.15) is 31.9 Å². The molecule has 0 radical (unpaired) electrons. The molecule has 2 N–H and O–H groups in total. The van der Waals surface area contributed by atoms with Gasteiger partial charge >= 0.3 is 0 Å². The van der Waals surface area contributed by atoms with Crippen LogP contribution in [0.2, 0.25) is 5.02 Å². The van der Waals surface area contributed by atoms with Gasteiger partial charge in [0.15, 0.2) is 0 Å². The van der Waals surface area contributed by atoms with Gasteiger partial charge < -0.3 is 15.5 Å². The van der Waals surface area contributed by atoms with Gasteiger partial charge in [0.1, 0.15) is 10.8 Å². The van der Waals surface area contributed by atoms with E-state index in [1.807, 2.05) is 13.1 Å². The number of aryl methyl sites for hydroxylation is 1. The van der Waals surface area contributed by atoms with Crippen LogP contribution in [-0.4, -0.2) is 41.1 Å². The van der Waals surface area contributed by atoms with Crippen molar-refractivity contribution in [3.05, 3.63) is 45.1 Å². The number of nitrogens with one attached hydrogen (secondary N) is 2. The van der Waals surface area contributed by atoms with Crippen LogP contribution in [0.15, 0.2) is 24.3 Å². The molecular formula is C19H27Cl3N6O2. The van der Waals surface area contributed by atoms with Crippen LogP contribution in [0.5, 0.6) is 0 Å². The predicted octanol–water partition coefficient (Wildman–Crippen LogP) is 4.77. The van der Waals surface area contributed by atoms with E-state index in [2.05, 4.69) is 32.4 Å². The first-order valence-electron chi connectivity index (χ1n) is 9.51. The van der Waals surface area contributed by atoms with Crippen LogP contribution in [-0.2, 0) is 6.42 Å². The van der Waals surface area contributed by atoms with Gasteiger partial charge in [0, 0.05) is 42.6 Å². The maximum Gasteiger partial charge on any atom is 0.289 e. The van der Waals surface area contributed by atoms with Crippen molar-refractivity contribution in [3.63, 3.8) is 0 Å². The van der Waals surface area contributed by atoms with Gasteiger partial charge in [-0.25, -0.2) is 4.98 Å². The number of nitro groups is 1. The summed E-state index contributed by atoms with van der Waals surface area (Å²) in [6, 6.07) is 7.08. The van der Waals surface area contributed by atoms with Gasteiger partial charge in [0.05, 0.1) is 4.92 Å². The molecule has 2 heterocycles. The van der Waals surface area contributed by atoms with E-state index in [1.165, 1.54) is 12.1 Å². The second-order valence-electron chi connectivity index (χ2n) is 6.91. The van der Waals surface area contributed by atoms with Crippen molar-refractivity contribution in [1.82, 2.24) is 15.3 Å². The average molecular weight is 478 g/mol. The molecule has 0 saturated carbocycles. The summed E-state index contributed by atoms with van der Waals surface area (Å²) in [7, 11) is 1.97. The number of anilines is 3. The Morgan fingerprint density at radius 1 is 1.30 bits per heavy atom. The lowest BCUT2D eigenvalue weighted by atomic mass is 10.2. The molecule has 0 amide bonds. The number of likely N-dealkylation sites (N-methyl/N-ethyl adjacent to an activating group) is 1. The van der Waals surface area contributed by atoms with E-state index in [-0.39, 0.29) is 35.5 Å². The fourth-order valence-corrected chi connectivity index (χ4v) is 3.44. The highest BCUT2D eigenvalue weighted by molar-refractivity contribution is 6.32. The van der Waals surface area contributed by atoms with Crippen LogP contribution >= 0.6 is 36.4 Å². The van der Waals surface area contributed by atoms with E-state index in [4.69, 9.17) is 11.6 Å². The molecule has 0 aliphatic carbocycles. The molecule has 8 nitrogen and oxygen atoms in total. The summed E-state index contributed by atoms with van der Waals surface area (Å²) in [5.41, 5.74) is 1.35. The fourth-order valence-electron chi connectivity index (χ4n) is 3.25. The molecule has 1 aromatic heterocycles. The zero-order valence-electron chi connectivity index (χ0n) is 16.9. The Balaban J connectivity index is 0.00000225. The Hall–Kier alpha value is -1.87. The van der Waals surface area contributed by atoms with Gasteiger partial charge in [-0.1, -0.05) is 24.9 Å². The molecule has 11 heteroatoms. The molecule has 3 rings (SSSR count). The van der Waals surface area contributed by atoms with Crippen molar-refractivity contribution in [2.75, 3.05) is 30.4 Å². The fraction of sp³-hybridized carbons (Fsp3) is 0.474. The van der Waals surface area contributed by atoms with Crippen LogP contribution in [0.4, 0.5) is 23.1 Å². The highest BCUT2D eigenvalue weighted by atomic mass is 35.5. The molecule has 0 bridgehead atoms. The van der Waals surface area contributed by atoms with Crippen molar-refractivity contribution >= 4 is 59.6 Å². The standard InChI is InChI=1S/C19H25ClN6O2.2ClH/c1-3-4-5-13-11-18(25-9-8-15(12-25)21-2)24-19(22-13)23-14-6-7-16(20)17(10-14)26(27)28;;/h6-7,10-11,15,21H,3-5,8-9,12H2,1-2H3,(H,22,23,24);2*1H/t15-;;/m0../s1. The van der Waals surface area contributed by atoms with Gasteiger partial charge in [0.25, 0.3) is 5.69 Å². The Morgan fingerprint density at radius 3 is 2.70 bits per heavy atom. The number of halogens is 3. The summed E-state index contributed by atoms with van der Waals surface area (Å²) in [6.07, 6.45) is 4.06. The van der Waals surface area contributed by atoms with E-state index in [9.17, 15) is 10.1 Å². The molecule has 1 fully saturated rings. The molecule has 166 valence electrons. The smallest absolute Gasteiger partial charge is 0.289 e. The van der Waals surface area contributed by atoms with E-state index >= 15 is 0 Å². The van der Waals surface area contributed by atoms with Gasteiger partial charge in [0.2, 0.25) is 5.95 Å². The Morgan fingerprint density at radius 2 is 2.07 bits per heavy atom. The number of aromatic nitrogens is 2. The molecule has 1 aliphatic rings. The summed E-state index contributed by atoms with van der Waals surface area (Å²) in [5.74, 6) is 1.32.